The molecule has 0 unspecified atom stereocenters. The monoisotopic (exact) mass is 325 g/mol. The van der Waals surface area contributed by atoms with E-state index in [9.17, 15) is 14.7 Å². The van der Waals surface area contributed by atoms with Crippen LogP contribution >= 0.6 is 22.9 Å². The highest BCUT2D eigenvalue weighted by Gasteiger charge is 2.27. The Morgan fingerprint density at radius 2 is 2.05 bits per heavy atom. The molecule has 0 saturated carbocycles. The summed E-state index contributed by atoms with van der Waals surface area (Å²) in [4.78, 5) is 24.0. The number of amides is 1. The average Bonchev–Trinajstić information content (AvgIpc) is 2.81. The normalized spacial score (nSPS) is 13.9. The Balaban J connectivity index is 2.29. The van der Waals surface area contributed by atoms with Gasteiger partial charge in [0.2, 0.25) is 0 Å². The van der Waals surface area contributed by atoms with Crippen LogP contribution in [-0.2, 0) is 4.79 Å². The van der Waals surface area contributed by atoms with Gasteiger partial charge in [0.15, 0.2) is 0 Å². The van der Waals surface area contributed by atoms with E-state index in [1.54, 1.807) is 6.92 Å². The molecule has 2 aromatic rings. The number of benzene rings is 1. The molecule has 0 aliphatic carbocycles. The second-order valence-electron chi connectivity index (χ2n) is 4.92. The SMILES string of the molecule is CC[C@H](C)[C@H](NC(=O)c1sc2ccccc2c1Cl)C(=O)O. The zero-order valence-corrected chi connectivity index (χ0v) is 13.3. The second-order valence-corrected chi connectivity index (χ2v) is 6.35. The van der Waals surface area contributed by atoms with Gasteiger partial charge < -0.3 is 10.4 Å². The topological polar surface area (TPSA) is 66.4 Å². The Morgan fingerprint density at radius 1 is 1.38 bits per heavy atom. The van der Waals surface area contributed by atoms with Crippen molar-refractivity contribution in [3.05, 3.63) is 34.2 Å². The zero-order chi connectivity index (χ0) is 15.6. The maximum atomic E-state index is 12.3. The van der Waals surface area contributed by atoms with E-state index in [-0.39, 0.29) is 5.92 Å². The van der Waals surface area contributed by atoms with Crippen LogP contribution in [0.1, 0.15) is 29.9 Å². The molecule has 2 N–H and O–H groups in total. The van der Waals surface area contributed by atoms with Gasteiger partial charge in [0.05, 0.1) is 5.02 Å². The Labute approximate surface area is 131 Å². The molecule has 112 valence electrons. The van der Waals surface area contributed by atoms with Crippen LogP contribution < -0.4 is 5.32 Å². The van der Waals surface area contributed by atoms with E-state index in [2.05, 4.69) is 5.32 Å². The molecular formula is C15H16ClNO3S. The molecule has 0 spiro atoms. The van der Waals surface area contributed by atoms with Crippen molar-refractivity contribution in [2.75, 3.05) is 0 Å². The maximum absolute atomic E-state index is 12.3. The minimum absolute atomic E-state index is 0.153. The van der Waals surface area contributed by atoms with Gasteiger partial charge in [0.1, 0.15) is 10.9 Å². The summed E-state index contributed by atoms with van der Waals surface area (Å²) in [5.41, 5.74) is 0. The summed E-state index contributed by atoms with van der Waals surface area (Å²) in [7, 11) is 0. The summed E-state index contributed by atoms with van der Waals surface area (Å²) in [5, 5.41) is 13.0. The first-order valence-electron chi connectivity index (χ1n) is 6.66. The molecule has 1 heterocycles. The standard InChI is InChI=1S/C15H16ClNO3S/c1-3-8(2)12(15(19)20)17-14(18)13-11(16)9-6-4-5-7-10(9)21-13/h4-8,12H,3H2,1-2H3,(H,17,18)(H,19,20)/t8-,12-/m0/s1. The van der Waals surface area contributed by atoms with Crippen molar-refractivity contribution < 1.29 is 14.7 Å². The van der Waals surface area contributed by atoms with E-state index in [1.165, 1.54) is 11.3 Å². The first-order valence-corrected chi connectivity index (χ1v) is 7.85. The summed E-state index contributed by atoms with van der Waals surface area (Å²) in [5.74, 6) is -1.62. The molecule has 1 amide bonds. The van der Waals surface area contributed by atoms with Crippen molar-refractivity contribution in [3.8, 4) is 0 Å². The first-order chi connectivity index (χ1) is 9.95. The molecule has 1 aromatic heterocycles. The lowest BCUT2D eigenvalue weighted by Gasteiger charge is -2.19. The summed E-state index contributed by atoms with van der Waals surface area (Å²) in [6.45, 7) is 3.69. The van der Waals surface area contributed by atoms with Crippen molar-refractivity contribution in [1.82, 2.24) is 5.32 Å². The molecule has 0 aliphatic heterocycles. The number of carboxylic acids is 1. The number of halogens is 1. The number of carbonyl (C=O) groups excluding carboxylic acids is 1. The fourth-order valence-electron chi connectivity index (χ4n) is 2.05. The van der Waals surface area contributed by atoms with Gasteiger partial charge in [-0.1, -0.05) is 50.1 Å². The first kappa shape index (κ1) is 15.8. The molecule has 0 fully saturated rings. The largest absolute Gasteiger partial charge is 0.480 e. The minimum Gasteiger partial charge on any atom is -0.480 e. The van der Waals surface area contributed by atoms with Gasteiger partial charge in [-0.25, -0.2) is 4.79 Å². The lowest BCUT2D eigenvalue weighted by Crippen LogP contribution is -2.44. The molecule has 0 aliphatic rings. The van der Waals surface area contributed by atoms with Crippen molar-refractivity contribution in [2.45, 2.75) is 26.3 Å². The van der Waals surface area contributed by atoms with Crippen LogP contribution in [0.15, 0.2) is 24.3 Å². The number of fused-ring (bicyclic) bond motifs is 1. The number of hydrogen-bond donors (Lipinski definition) is 2. The van der Waals surface area contributed by atoms with Crippen molar-refractivity contribution >= 4 is 44.9 Å². The highest BCUT2D eigenvalue weighted by molar-refractivity contribution is 7.21. The van der Waals surface area contributed by atoms with Crippen LogP contribution in [0.4, 0.5) is 0 Å². The molecule has 0 radical (unpaired) electrons. The molecule has 0 saturated heterocycles. The number of aliphatic carboxylic acids is 1. The molecule has 4 nitrogen and oxygen atoms in total. The third kappa shape index (κ3) is 3.19. The fourth-order valence-corrected chi connectivity index (χ4v) is 3.47. The average molecular weight is 326 g/mol. The van der Waals surface area contributed by atoms with Gasteiger partial charge in [-0.15, -0.1) is 11.3 Å². The van der Waals surface area contributed by atoms with Gasteiger partial charge >= 0.3 is 5.97 Å². The molecule has 2 atom stereocenters. The zero-order valence-electron chi connectivity index (χ0n) is 11.7. The summed E-state index contributed by atoms with van der Waals surface area (Å²) >= 11 is 7.50. The predicted molar refractivity (Wildman–Crippen MR) is 85.2 cm³/mol. The molecule has 6 heteroatoms. The van der Waals surface area contributed by atoms with Crippen LogP contribution in [-0.4, -0.2) is 23.0 Å². The molecule has 2 rings (SSSR count). The lowest BCUT2D eigenvalue weighted by molar-refractivity contribution is -0.140. The number of rotatable bonds is 5. The van der Waals surface area contributed by atoms with Crippen LogP contribution in [0, 0.1) is 5.92 Å². The van der Waals surface area contributed by atoms with Crippen LogP contribution in [0.3, 0.4) is 0 Å². The molecule has 0 bridgehead atoms. The van der Waals surface area contributed by atoms with E-state index in [0.717, 1.165) is 10.1 Å². The Morgan fingerprint density at radius 3 is 2.62 bits per heavy atom. The fraction of sp³-hybridized carbons (Fsp3) is 0.333. The van der Waals surface area contributed by atoms with E-state index in [0.29, 0.717) is 16.3 Å². The molecule has 21 heavy (non-hydrogen) atoms. The Kier molecular flexibility index (Phi) is 4.85. The lowest BCUT2D eigenvalue weighted by atomic mass is 9.99. The second kappa shape index (κ2) is 6.45. The number of carbonyl (C=O) groups is 2. The van der Waals surface area contributed by atoms with Crippen LogP contribution in [0.5, 0.6) is 0 Å². The van der Waals surface area contributed by atoms with Gasteiger partial charge in [0, 0.05) is 10.1 Å². The Hall–Kier alpha value is -1.59. The van der Waals surface area contributed by atoms with Crippen LogP contribution in [0.25, 0.3) is 10.1 Å². The summed E-state index contributed by atoms with van der Waals surface area (Å²) in [6, 6.07) is 6.53. The maximum Gasteiger partial charge on any atom is 0.326 e. The number of nitrogens with one attached hydrogen (secondary N) is 1. The van der Waals surface area contributed by atoms with Gasteiger partial charge in [0.25, 0.3) is 5.91 Å². The number of thiophene rings is 1. The van der Waals surface area contributed by atoms with E-state index >= 15 is 0 Å². The van der Waals surface area contributed by atoms with E-state index in [4.69, 9.17) is 11.6 Å². The smallest absolute Gasteiger partial charge is 0.326 e. The predicted octanol–water partition coefficient (Wildman–Crippen LogP) is 3.78. The van der Waals surface area contributed by atoms with Crippen molar-refractivity contribution in [3.63, 3.8) is 0 Å². The van der Waals surface area contributed by atoms with Gasteiger partial charge in [-0.3, -0.25) is 4.79 Å². The number of carboxylic acid groups (broad SMARTS) is 1. The quantitative estimate of drug-likeness (QED) is 0.879. The minimum atomic E-state index is -1.03. The highest BCUT2D eigenvalue weighted by atomic mass is 35.5. The summed E-state index contributed by atoms with van der Waals surface area (Å²) in [6.07, 6.45) is 0.664. The third-order valence-corrected chi connectivity index (χ3v) is 5.18. The summed E-state index contributed by atoms with van der Waals surface area (Å²) < 4.78 is 0.906. The molecule has 1 aromatic carbocycles. The Bertz CT molecular complexity index is 683. The molecular weight excluding hydrogens is 310 g/mol. The van der Waals surface area contributed by atoms with E-state index in [1.807, 2.05) is 31.2 Å². The van der Waals surface area contributed by atoms with Gasteiger partial charge in [-0.2, -0.15) is 0 Å². The van der Waals surface area contributed by atoms with Crippen molar-refractivity contribution in [1.29, 1.82) is 0 Å². The van der Waals surface area contributed by atoms with Gasteiger partial charge in [-0.05, 0) is 12.0 Å². The number of hydrogen-bond acceptors (Lipinski definition) is 3. The third-order valence-electron chi connectivity index (χ3n) is 3.51. The van der Waals surface area contributed by atoms with Crippen LogP contribution in [0.2, 0.25) is 5.02 Å². The highest BCUT2D eigenvalue weighted by Crippen LogP contribution is 2.35. The van der Waals surface area contributed by atoms with E-state index < -0.39 is 17.9 Å². The van der Waals surface area contributed by atoms with Crippen molar-refractivity contribution in [2.24, 2.45) is 5.92 Å².